The van der Waals surface area contributed by atoms with Crippen molar-refractivity contribution in [2.45, 2.75) is 19.5 Å². The smallest absolute Gasteiger partial charge is 0.231 e. The van der Waals surface area contributed by atoms with Gasteiger partial charge in [0.25, 0.3) is 0 Å². The molecule has 2 aromatic carbocycles. The van der Waals surface area contributed by atoms with E-state index >= 15 is 0 Å². The SMILES string of the molecule is CC(NCc1cc(Br)c2c(c1)OCO2)c1ccccc1Br. The van der Waals surface area contributed by atoms with Crippen molar-refractivity contribution < 1.29 is 9.47 Å². The summed E-state index contributed by atoms with van der Waals surface area (Å²) in [5.74, 6) is 1.59. The molecule has 1 atom stereocenters. The lowest BCUT2D eigenvalue weighted by atomic mass is 10.1. The van der Waals surface area contributed by atoms with Crippen molar-refractivity contribution in [2.75, 3.05) is 6.79 Å². The van der Waals surface area contributed by atoms with Crippen LogP contribution < -0.4 is 14.8 Å². The summed E-state index contributed by atoms with van der Waals surface area (Å²) < 4.78 is 12.9. The molecule has 0 fully saturated rings. The molecule has 0 amide bonds. The summed E-state index contributed by atoms with van der Waals surface area (Å²) in [6.45, 7) is 3.21. The highest BCUT2D eigenvalue weighted by Crippen LogP contribution is 2.40. The van der Waals surface area contributed by atoms with Crippen LogP contribution >= 0.6 is 31.9 Å². The first-order chi connectivity index (χ1) is 10.1. The molecule has 5 heteroatoms. The van der Waals surface area contributed by atoms with Gasteiger partial charge in [0.1, 0.15) is 0 Å². The van der Waals surface area contributed by atoms with E-state index in [1.54, 1.807) is 0 Å². The highest BCUT2D eigenvalue weighted by Gasteiger charge is 2.18. The van der Waals surface area contributed by atoms with Crippen LogP contribution in [-0.2, 0) is 6.54 Å². The van der Waals surface area contributed by atoms with Gasteiger partial charge in [-0.3, -0.25) is 0 Å². The van der Waals surface area contributed by atoms with Crippen molar-refractivity contribution in [3.8, 4) is 11.5 Å². The van der Waals surface area contributed by atoms with E-state index < -0.39 is 0 Å². The second-order valence-electron chi connectivity index (χ2n) is 4.94. The molecule has 1 heterocycles. The summed E-state index contributed by atoms with van der Waals surface area (Å²) >= 11 is 7.11. The van der Waals surface area contributed by atoms with Gasteiger partial charge < -0.3 is 14.8 Å². The van der Waals surface area contributed by atoms with Crippen molar-refractivity contribution in [1.29, 1.82) is 0 Å². The Hall–Kier alpha value is -1.04. The third kappa shape index (κ3) is 3.25. The van der Waals surface area contributed by atoms with Crippen molar-refractivity contribution >= 4 is 31.9 Å². The predicted molar refractivity (Wildman–Crippen MR) is 89.7 cm³/mol. The zero-order chi connectivity index (χ0) is 14.8. The first kappa shape index (κ1) is 14.9. The molecular formula is C16H15Br2NO2. The fourth-order valence-corrected chi connectivity index (χ4v) is 3.56. The molecule has 110 valence electrons. The van der Waals surface area contributed by atoms with Crippen molar-refractivity contribution in [3.63, 3.8) is 0 Å². The fourth-order valence-electron chi connectivity index (χ4n) is 2.33. The topological polar surface area (TPSA) is 30.5 Å². The zero-order valence-electron chi connectivity index (χ0n) is 11.5. The Morgan fingerprint density at radius 2 is 1.95 bits per heavy atom. The molecular weight excluding hydrogens is 398 g/mol. The van der Waals surface area contributed by atoms with Gasteiger partial charge in [-0.1, -0.05) is 34.1 Å². The molecule has 1 N–H and O–H groups in total. The van der Waals surface area contributed by atoms with Gasteiger partial charge in [0.2, 0.25) is 6.79 Å². The highest BCUT2D eigenvalue weighted by molar-refractivity contribution is 9.10. The van der Waals surface area contributed by atoms with Gasteiger partial charge in [-0.2, -0.15) is 0 Å². The standard InChI is InChI=1S/C16H15Br2NO2/c1-10(12-4-2-3-5-13(12)17)19-8-11-6-14(18)16-15(7-11)20-9-21-16/h2-7,10,19H,8-9H2,1H3. The third-order valence-corrected chi connectivity index (χ3v) is 4.78. The number of nitrogens with one attached hydrogen (secondary N) is 1. The molecule has 0 bridgehead atoms. The maximum absolute atomic E-state index is 5.44. The maximum Gasteiger partial charge on any atom is 0.231 e. The van der Waals surface area contributed by atoms with E-state index in [2.05, 4.69) is 68.4 Å². The quantitative estimate of drug-likeness (QED) is 0.782. The molecule has 0 radical (unpaired) electrons. The van der Waals surface area contributed by atoms with Gasteiger partial charge in [0, 0.05) is 17.1 Å². The van der Waals surface area contributed by atoms with Gasteiger partial charge >= 0.3 is 0 Å². The Kier molecular flexibility index (Phi) is 4.52. The average molecular weight is 413 g/mol. The summed E-state index contributed by atoms with van der Waals surface area (Å²) in [7, 11) is 0. The lowest BCUT2D eigenvalue weighted by molar-refractivity contribution is 0.173. The van der Waals surface area contributed by atoms with Gasteiger partial charge in [0.05, 0.1) is 4.47 Å². The molecule has 21 heavy (non-hydrogen) atoms. The summed E-state index contributed by atoms with van der Waals surface area (Å²) in [5.41, 5.74) is 2.40. The van der Waals surface area contributed by atoms with Crippen LogP contribution in [0.5, 0.6) is 11.5 Å². The largest absolute Gasteiger partial charge is 0.454 e. The Morgan fingerprint density at radius 1 is 1.14 bits per heavy atom. The molecule has 3 nitrogen and oxygen atoms in total. The molecule has 0 saturated heterocycles. The Morgan fingerprint density at radius 3 is 2.76 bits per heavy atom. The molecule has 1 unspecified atom stereocenters. The van der Waals surface area contributed by atoms with Crippen LogP contribution in [0.2, 0.25) is 0 Å². The molecule has 1 aliphatic rings. The lowest BCUT2D eigenvalue weighted by Gasteiger charge is -2.16. The molecule has 0 aromatic heterocycles. The number of halogens is 2. The van der Waals surface area contributed by atoms with Crippen LogP contribution in [0.4, 0.5) is 0 Å². The maximum atomic E-state index is 5.44. The predicted octanol–water partition coefficient (Wildman–Crippen LogP) is 4.79. The van der Waals surface area contributed by atoms with E-state index in [4.69, 9.17) is 9.47 Å². The molecule has 0 saturated carbocycles. The summed E-state index contributed by atoms with van der Waals surface area (Å²) in [4.78, 5) is 0. The summed E-state index contributed by atoms with van der Waals surface area (Å²) in [5, 5.41) is 3.53. The van der Waals surface area contributed by atoms with Gasteiger partial charge in [-0.15, -0.1) is 0 Å². The van der Waals surface area contributed by atoms with Crippen molar-refractivity contribution in [1.82, 2.24) is 5.32 Å². The van der Waals surface area contributed by atoms with Gasteiger partial charge in [-0.05, 0) is 52.2 Å². The monoisotopic (exact) mass is 411 g/mol. The van der Waals surface area contributed by atoms with E-state index in [0.717, 1.165) is 32.6 Å². The Bertz CT molecular complexity index is 661. The minimum absolute atomic E-state index is 0.254. The van der Waals surface area contributed by atoms with E-state index in [1.165, 1.54) is 5.56 Å². The minimum atomic E-state index is 0.254. The first-order valence-electron chi connectivity index (χ1n) is 6.71. The number of fused-ring (bicyclic) bond motifs is 1. The van der Waals surface area contributed by atoms with Gasteiger partial charge in [-0.25, -0.2) is 0 Å². The van der Waals surface area contributed by atoms with E-state index in [9.17, 15) is 0 Å². The molecule has 0 aliphatic carbocycles. The van der Waals surface area contributed by atoms with Crippen LogP contribution in [0.15, 0.2) is 45.3 Å². The number of ether oxygens (including phenoxy) is 2. The zero-order valence-corrected chi connectivity index (χ0v) is 14.7. The fraction of sp³-hybridized carbons (Fsp3) is 0.250. The number of hydrogen-bond acceptors (Lipinski definition) is 3. The average Bonchev–Trinajstić information content (AvgIpc) is 2.94. The number of benzene rings is 2. The highest BCUT2D eigenvalue weighted by atomic mass is 79.9. The van der Waals surface area contributed by atoms with Crippen LogP contribution in [0.3, 0.4) is 0 Å². The molecule has 3 rings (SSSR count). The van der Waals surface area contributed by atoms with Crippen LogP contribution in [0, 0.1) is 0 Å². The van der Waals surface area contributed by atoms with Crippen molar-refractivity contribution in [2.24, 2.45) is 0 Å². The molecule has 0 spiro atoms. The molecule has 1 aliphatic heterocycles. The Labute approximate surface area is 140 Å². The third-order valence-electron chi connectivity index (χ3n) is 3.47. The van der Waals surface area contributed by atoms with Crippen LogP contribution in [0.25, 0.3) is 0 Å². The first-order valence-corrected chi connectivity index (χ1v) is 8.29. The van der Waals surface area contributed by atoms with E-state index in [1.807, 2.05) is 12.1 Å². The second kappa shape index (κ2) is 6.38. The summed E-state index contributed by atoms with van der Waals surface area (Å²) in [6, 6.07) is 12.6. The van der Waals surface area contributed by atoms with E-state index in [0.29, 0.717) is 0 Å². The second-order valence-corrected chi connectivity index (χ2v) is 6.64. The van der Waals surface area contributed by atoms with Crippen LogP contribution in [0.1, 0.15) is 24.1 Å². The Balaban J connectivity index is 1.71. The normalized spacial score (nSPS) is 14.2. The summed E-state index contributed by atoms with van der Waals surface area (Å²) in [6.07, 6.45) is 0. The number of rotatable bonds is 4. The molecule has 2 aromatic rings. The minimum Gasteiger partial charge on any atom is -0.454 e. The van der Waals surface area contributed by atoms with E-state index in [-0.39, 0.29) is 12.8 Å². The lowest BCUT2D eigenvalue weighted by Crippen LogP contribution is -2.18. The number of hydrogen-bond donors (Lipinski definition) is 1. The van der Waals surface area contributed by atoms with Crippen LogP contribution in [-0.4, -0.2) is 6.79 Å². The van der Waals surface area contributed by atoms with Crippen molar-refractivity contribution in [3.05, 3.63) is 56.5 Å². The van der Waals surface area contributed by atoms with Gasteiger partial charge in [0.15, 0.2) is 11.5 Å².